The largest absolute Gasteiger partial charge is 0.299 e. The molecule has 0 unspecified atom stereocenters. The molecule has 0 aromatic heterocycles. The van der Waals surface area contributed by atoms with Crippen LogP contribution in [0.25, 0.3) is 0 Å². The van der Waals surface area contributed by atoms with Gasteiger partial charge in [0.2, 0.25) is 0 Å². The zero-order chi connectivity index (χ0) is 10.8. The maximum Gasteiger partial charge on any atom is 0.150 e. The first-order valence-electron chi connectivity index (χ1n) is 4.93. The van der Waals surface area contributed by atoms with E-state index in [1.165, 1.54) is 0 Å². The first-order valence-corrected chi connectivity index (χ1v) is 6.75. The lowest BCUT2D eigenvalue weighted by Crippen LogP contribution is -2.34. The van der Waals surface area contributed by atoms with E-state index in [9.17, 15) is 8.42 Å². The SMILES string of the molecule is CC(C)(CC1CCS(=O)(=O)CC1)ON. The third-order valence-corrected chi connectivity index (χ3v) is 4.49. The van der Waals surface area contributed by atoms with Gasteiger partial charge >= 0.3 is 0 Å². The van der Waals surface area contributed by atoms with E-state index >= 15 is 0 Å². The van der Waals surface area contributed by atoms with Crippen LogP contribution < -0.4 is 5.90 Å². The zero-order valence-electron chi connectivity index (χ0n) is 8.82. The van der Waals surface area contributed by atoms with Gasteiger partial charge in [-0.25, -0.2) is 14.3 Å². The Kier molecular flexibility index (Phi) is 3.55. The minimum absolute atomic E-state index is 0.318. The average molecular weight is 221 g/mol. The van der Waals surface area contributed by atoms with Crippen molar-refractivity contribution in [2.24, 2.45) is 11.8 Å². The molecule has 0 aromatic carbocycles. The maximum atomic E-state index is 11.2. The highest BCUT2D eigenvalue weighted by molar-refractivity contribution is 7.91. The molecule has 0 radical (unpaired) electrons. The fraction of sp³-hybridized carbons (Fsp3) is 1.00. The fourth-order valence-corrected chi connectivity index (χ4v) is 3.48. The number of hydrogen-bond acceptors (Lipinski definition) is 4. The topological polar surface area (TPSA) is 69.4 Å². The Morgan fingerprint density at radius 1 is 1.36 bits per heavy atom. The van der Waals surface area contributed by atoms with Gasteiger partial charge in [0.1, 0.15) is 9.84 Å². The van der Waals surface area contributed by atoms with E-state index in [1.807, 2.05) is 13.8 Å². The summed E-state index contributed by atoms with van der Waals surface area (Å²) >= 11 is 0. The van der Waals surface area contributed by atoms with Crippen molar-refractivity contribution in [1.29, 1.82) is 0 Å². The Bertz CT molecular complexity index is 270. The molecule has 0 spiro atoms. The molecule has 14 heavy (non-hydrogen) atoms. The Labute approximate surface area is 85.7 Å². The first-order chi connectivity index (χ1) is 6.35. The summed E-state index contributed by atoms with van der Waals surface area (Å²) in [5, 5.41) is 0. The van der Waals surface area contributed by atoms with Crippen LogP contribution in [-0.2, 0) is 14.7 Å². The van der Waals surface area contributed by atoms with Gasteiger partial charge in [-0.1, -0.05) is 0 Å². The van der Waals surface area contributed by atoms with Crippen LogP contribution in [0.3, 0.4) is 0 Å². The predicted octanol–water partition coefficient (Wildman–Crippen LogP) is 0.870. The first kappa shape index (κ1) is 11.9. The lowest BCUT2D eigenvalue weighted by Gasteiger charge is -2.29. The van der Waals surface area contributed by atoms with Crippen LogP contribution in [-0.4, -0.2) is 25.5 Å². The molecule has 0 aromatic rings. The van der Waals surface area contributed by atoms with E-state index in [0.717, 1.165) is 19.3 Å². The van der Waals surface area contributed by atoms with E-state index in [1.54, 1.807) is 0 Å². The third kappa shape index (κ3) is 3.55. The number of nitrogens with two attached hydrogens (primary N) is 1. The van der Waals surface area contributed by atoms with Crippen molar-refractivity contribution in [1.82, 2.24) is 0 Å². The second-order valence-corrected chi connectivity index (χ2v) is 6.98. The average Bonchev–Trinajstić information content (AvgIpc) is 2.09. The maximum absolute atomic E-state index is 11.2. The molecule has 5 heteroatoms. The van der Waals surface area contributed by atoms with Crippen LogP contribution in [0.15, 0.2) is 0 Å². The van der Waals surface area contributed by atoms with Crippen LogP contribution in [0.4, 0.5) is 0 Å². The van der Waals surface area contributed by atoms with E-state index < -0.39 is 9.84 Å². The van der Waals surface area contributed by atoms with E-state index in [0.29, 0.717) is 17.4 Å². The monoisotopic (exact) mass is 221 g/mol. The minimum atomic E-state index is -2.75. The van der Waals surface area contributed by atoms with Gasteiger partial charge in [0.25, 0.3) is 0 Å². The summed E-state index contributed by atoms with van der Waals surface area (Å²) in [4.78, 5) is 4.84. The van der Waals surface area contributed by atoms with Gasteiger partial charge in [0, 0.05) is 0 Å². The van der Waals surface area contributed by atoms with E-state index in [2.05, 4.69) is 0 Å². The van der Waals surface area contributed by atoms with Crippen LogP contribution in [0.5, 0.6) is 0 Å². The standard InChI is InChI=1S/C9H19NO3S/c1-9(2,13-10)7-8-3-5-14(11,12)6-4-8/h8H,3-7,10H2,1-2H3. The molecule has 1 fully saturated rings. The van der Waals surface area contributed by atoms with E-state index in [-0.39, 0.29) is 5.60 Å². The number of sulfone groups is 1. The molecule has 0 saturated carbocycles. The molecule has 1 aliphatic rings. The highest BCUT2D eigenvalue weighted by Gasteiger charge is 2.29. The second kappa shape index (κ2) is 4.16. The van der Waals surface area contributed by atoms with Crippen molar-refractivity contribution in [3.63, 3.8) is 0 Å². The van der Waals surface area contributed by atoms with Crippen molar-refractivity contribution >= 4 is 9.84 Å². The minimum Gasteiger partial charge on any atom is -0.299 e. The normalized spacial score (nSPS) is 23.6. The Hall–Kier alpha value is -0.130. The van der Waals surface area contributed by atoms with Gasteiger partial charge in [-0.15, -0.1) is 0 Å². The van der Waals surface area contributed by atoms with Gasteiger partial charge in [-0.2, -0.15) is 0 Å². The summed E-state index contributed by atoms with van der Waals surface area (Å²) in [5.41, 5.74) is -0.341. The lowest BCUT2D eigenvalue weighted by atomic mass is 9.89. The quantitative estimate of drug-likeness (QED) is 0.718. The Balaban J connectivity index is 2.44. The van der Waals surface area contributed by atoms with Crippen LogP contribution in [0.2, 0.25) is 0 Å². The highest BCUT2D eigenvalue weighted by atomic mass is 32.2. The Morgan fingerprint density at radius 3 is 2.29 bits per heavy atom. The molecule has 0 aliphatic carbocycles. The van der Waals surface area contributed by atoms with Gasteiger partial charge in [-0.3, -0.25) is 4.84 Å². The molecule has 4 nitrogen and oxygen atoms in total. The summed E-state index contributed by atoms with van der Waals surface area (Å²) in [7, 11) is -2.75. The Morgan fingerprint density at radius 2 is 1.86 bits per heavy atom. The van der Waals surface area contributed by atoms with Crippen molar-refractivity contribution in [3.8, 4) is 0 Å². The summed E-state index contributed by atoms with van der Waals surface area (Å²) in [5.74, 6) is 6.22. The highest BCUT2D eigenvalue weighted by Crippen LogP contribution is 2.28. The molecule has 0 atom stereocenters. The molecule has 0 bridgehead atoms. The number of hydrogen-bond donors (Lipinski definition) is 1. The summed E-state index contributed by atoms with van der Waals surface area (Å²) in [6.45, 7) is 3.85. The molecule has 1 rings (SSSR count). The molecule has 2 N–H and O–H groups in total. The summed E-state index contributed by atoms with van der Waals surface area (Å²) in [6, 6.07) is 0. The van der Waals surface area contributed by atoms with Crippen molar-refractivity contribution in [2.75, 3.05) is 11.5 Å². The van der Waals surface area contributed by atoms with Crippen molar-refractivity contribution in [2.45, 2.75) is 38.7 Å². The van der Waals surface area contributed by atoms with Crippen molar-refractivity contribution < 1.29 is 13.3 Å². The molecular formula is C9H19NO3S. The van der Waals surface area contributed by atoms with Crippen LogP contribution in [0, 0.1) is 5.92 Å². The van der Waals surface area contributed by atoms with Gasteiger partial charge in [-0.05, 0) is 39.0 Å². The van der Waals surface area contributed by atoms with Crippen LogP contribution >= 0.6 is 0 Å². The predicted molar refractivity (Wildman–Crippen MR) is 55.3 cm³/mol. The fourth-order valence-electron chi connectivity index (χ4n) is 1.89. The third-order valence-electron chi connectivity index (χ3n) is 2.77. The van der Waals surface area contributed by atoms with Gasteiger partial charge < -0.3 is 0 Å². The van der Waals surface area contributed by atoms with Gasteiger partial charge in [0.05, 0.1) is 17.1 Å². The lowest BCUT2D eigenvalue weighted by molar-refractivity contribution is -0.0370. The molecular weight excluding hydrogens is 202 g/mol. The molecule has 0 amide bonds. The summed E-state index contributed by atoms with van der Waals surface area (Å²) < 4.78 is 22.4. The van der Waals surface area contributed by atoms with Gasteiger partial charge in [0.15, 0.2) is 0 Å². The molecule has 84 valence electrons. The smallest absolute Gasteiger partial charge is 0.150 e. The second-order valence-electron chi connectivity index (χ2n) is 4.68. The molecule has 1 aliphatic heterocycles. The van der Waals surface area contributed by atoms with E-state index in [4.69, 9.17) is 10.7 Å². The van der Waals surface area contributed by atoms with Crippen molar-refractivity contribution in [3.05, 3.63) is 0 Å². The zero-order valence-corrected chi connectivity index (χ0v) is 9.64. The number of rotatable bonds is 3. The van der Waals surface area contributed by atoms with Crippen LogP contribution in [0.1, 0.15) is 33.1 Å². The molecule has 1 saturated heterocycles. The summed E-state index contributed by atoms with van der Waals surface area (Å²) in [6.07, 6.45) is 2.32. The molecule has 1 heterocycles.